The summed E-state index contributed by atoms with van der Waals surface area (Å²) in [6.45, 7) is 1.84. The summed E-state index contributed by atoms with van der Waals surface area (Å²) in [4.78, 5) is 37.6. The van der Waals surface area contributed by atoms with E-state index in [1.165, 1.54) is 24.8 Å². The maximum Gasteiger partial charge on any atom is 0.325 e. The van der Waals surface area contributed by atoms with Gasteiger partial charge >= 0.3 is 5.97 Å². The van der Waals surface area contributed by atoms with Gasteiger partial charge in [0.1, 0.15) is 13.2 Å². The lowest BCUT2D eigenvalue weighted by molar-refractivity contribution is -0.151. The maximum absolute atomic E-state index is 13.0. The lowest BCUT2D eigenvalue weighted by Gasteiger charge is -2.55. The van der Waals surface area contributed by atoms with Crippen LogP contribution in [0, 0.1) is 23.2 Å². The second kappa shape index (κ2) is 9.44. The molecule has 2 aromatic rings. The van der Waals surface area contributed by atoms with Crippen LogP contribution in [0.5, 0.6) is 0 Å². The monoisotopic (exact) mass is 482 g/mol. The summed E-state index contributed by atoms with van der Waals surface area (Å²) in [5.74, 6) is 1.14. The fourth-order valence-electron chi connectivity index (χ4n) is 6.33. The minimum atomic E-state index is -0.518. The van der Waals surface area contributed by atoms with Gasteiger partial charge in [-0.1, -0.05) is 30.4 Å². The van der Waals surface area contributed by atoms with Gasteiger partial charge in [-0.15, -0.1) is 10.2 Å². The molecule has 0 aliphatic heterocycles. The second-order valence-electron chi connectivity index (χ2n) is 10.0. The first kappa shape index (κ1) is 23.0. The van der Waals surface area contributed by atoms with Gasteiger partial charge in [-0.05, 0) is 80.4 Å². The number of amides is 2. The fraction of sp³-hybridized carbons (Fsp3) is 0.560. The summed E-state index contributed by atoms with van der Waals surface area (Å²) < 4.78 is 5.26. The molecule has 4 saturated carbocycles. The Balaban J connectivity index is 1.07. The van der Waals surface area contributed by atoms with Crippen LogP contribution >= 0.6 is 11.3 Å². The molecular weight excluding hydrogens is 452 g/mol. The van der Waals surface area contributed by atoms with E-state index >= 15 is 0 Å². The van der Waals surface area contributed by atoms with E-state index in [1.807, 2.05) is 24.3 Å². The van der Waals surface area contributed by atoms with Crippen molar-refractivity contribution in [1.29, 1.82) is 0 Å². The molecule has 4 aliphatic carbocycles. The minimum Gasteiger partial charge on any atom is -0.457 e. The van der Waals surface area contributed by atoms with Gasteiger partial charge in [0.2, 0.25) is 10.9 Å². The number of anilines is 1. The molecule has 1 heterocycles. The largest absolute Gasteiger partial charge is 0.457 e. The zero-order chi connectivity index (χ0) is 23.7. The Morgan fingerprint density at radius 3 is 2.29 bits per heavy atom. The molecular formula is C25H30N4O4S. The summed E-state index contributed by atoms with van der Waals surface area (Å²) >= 11 is 1.07. The van der Waals surface area contributed by atoms with E-state index in [9.17, 15) is 14.4 Å². The molecule has 1 aromatic heterocycles. The van der Waals surface area contributed by atoms with Crippen molar-refractivity contribution < 1.29 is 19.1 Å². The molecule has 0 unspecified atom stereocenters. The van der Waals surface area contributed by atoms with Gasteiger partial charge in [0.25, 0.3) is 5.91 Å². The highest BCUT2D eigenvalue weighted by Crippen LogP contribution is 2.60. The highest BCUT2D eigenvalue weighted by molar-refractivity contribution is 7.13. The molecule has 4 fully saturated rings. The quantitative estimate of drug-likeness (QED) is 0.555. The van der Waals surface area contributed by atoms with E-state index in [1.54, 1.807) is 0 Å². The van der Waals surface area contributed by atoms with Crippen molar-refractivity contribution in [3.05, 3.63) is 39.8 Å². The molecule has 4 bridgehead atoms. The summed E-state index contributed by atoms with van der Waals surface area (Å²) in [6, 6.07) is 7.61. The zero-order valence-electron chi connectivity index (χ0n) is 19.3. The zero-order valence-corrected chi connectivity index (χ0v) is 20.2. The number of rotatable bonds is 8. The van der Waals surface area contributed by atoms with Crippen LogP contribution in [0.4, 0.5) is 5.69 Å². The highest BCUT2D eigenvalue weighted by Gasteiger charge is 2.54. The average molecular weight is 483 g/mol. The van der Waals surface area contributed by atoms with Crippen LogP contribution in [0.25, 0.3) is 0 Å². The van der Waals surface area contributed by atoms with Crippen LogP contribution < -0.4 is 10.6 Å². The molecule has 0 radical (unpaired) electrons. The third kappa shape index (κ3) is 4.85. The highest BCUT2D eigenvalue weighted by atomic mass is 32.1. The molecule has 9 heteroatoms. The van der Waals surface area contributed by atoms with Crippen LogP contribution in [-0.2, 0) is 27.4 Å². The van der Waals surface area contributed by atoms with Crippen molar-refractivity contribution in [2.24, 2.45) is 23.2 Å². The third-order valence-electron chi connectivity index (χ3n) is 7.55. The number of nitrogens with zero attached hydrogens (tertiary/aromatic N) is 2. The number of aryl methyl sites for hydroxylation is 1. The Hall–Kier alpha value is -2.81. The molecule has 2 N–H and O–H groups in total. The normalized spacial score (nSPS) is 26.8. The van der Waals surface area contributed by atoms with Gasteiger partial charge in [-0.3, -0.25) is 14.4 Å². The van der Waals surface area contributed by atoms with Crippen LogP contribution in [0.1, 0.15) is 65.8 Å². The molecule has 0 spiro atoms. The number of aromatic nitrogens is 2. The Morgan fingerprint density at radius 1 is 1.03 bits per heavy atom. The van der Waals surface area contributed by atoms with E-state index in [0.717, 1.165) is 37.0 Å². The van der Waals surface area contributed by atoms with Gasteiger partial charge < -0.3 is 15.4 Å². The average Bonchev–Trinajstić information content (AvgIpc) is 3.30. The number of ether oxygens (including phenoxy) is 1. The van der Waals surface area contributed by atoms with Gasteiger partial charge in [-0.2, -0.15) is 0 Å². The minimum absolute atomic E-state index is 0.00499. The van der Waals surface area contributed by atoms with Crippen LogP contribution in [-0.4, -0.2) is 34.5 Å². The predicted molar refractivity (Wildman–Crippen MR) is 127 cm³/mol. The molecule has 0 saturated heterocycles. The van der Waals surface area contributed by atoms with Gasteiger partial charge in [0.05, 0.1) is 0 Å². The van der Waals surface area contributed by atoms with Crippen molar-refractivity contribution in [3.8, 4) is 0 Å². The van der Waals surface area contributed by atoms with E-state index < -0.39 is 5.97 Å². The van der Waals surface area contributed by atoms with Crippen molar-refractivity contribution in [2.45, 2.75) is 58.5 Å². The van der Waals surface area contributed by atoms with E-state index in [2.05, 4.69) is 27.8 Å². The summed E-state index contributed by atoms with van der Waals surface area (Å²) in [5, 5.41) is 14.1. The smallest absolute Gasteiger partial charge is 0.325 e. The summed E-state index contributed by atoms with van der Waals surface area (Å²) in [6.07, 6.45) is 7.60. The Labute approximate surface area is 202 Å². The van der Waals surface area contributed by atoms with Crippen molar-refractivity contribution in [2.75, 3.05) is 11.9 Å². The molecule has 8 nitrogen and oxygen atoms in total. The van der Waals surface area contributed by atoms with Crippen molar-refractivity contribution >= 4 is 34.8 Å². The first-order valence-electron chi connectivity index (χ1n) is 12.1. The lowest BCUT2D eigenvalue weighted by atomic mass is 9.49. The Kier molecular flexibility index (Phi) is 6.38. The standard InChI is InChI=1S/C25H30N4O4S/c1-2-15-3-5-19(6-4-15)27-22(31)23-29-28-20(34-23)14-33-21(30)13-26-24(32)25-10-16-7-17(11-25)9-18(8-16)12-25/h3-6,16-18H,2,7-14H2,1H3,(H,26,32)(H,27,31). The fourth-order valence-corrected chi connectivity index (χ4v) is 6.98. The third-order valence-corrected chi connectivity index (χ3v) is 8.45. The Morgan fingerprint density at radius 2 is 1.68 bits per heavy atom. The first-order valence-corrected chi connectivity index (χ1v) is 12.9. The maximum atomic E-state index is 13.0. The van der Waals surface area contributed by atoms with E-state index in [0.29, 0.717) is 28.4 Å². The van der Waals surface area contributed by atoms with Crippen molar-refractivity contribution in [3.63, 3.8) is 0 Å². The topological polar surface area (TPSA) is 110 Å². The first-order chi connectivity index (χ1) is 16.4. The number of carbonyl (C=O) groups is 3. The number of hydrogen-bond acceptors (Lipinski definition) is 7. The molecule has 1 aromatic carbocycles. The number of hydrogen-bond donors (Lipinski definition) is 2. The number of nitrogens with one attached hydrogen (secondary N) is 2. The molecule has 34 heavy (non-hydrogen) atoms. The van der Waals surface area contributed by atoms with Crippen LogP contribution in [0.15, 0.2) is 24.3 Å². The number of carbonyl (C=O) groups excluding carboxylic acids is 3. The summed E-state index contributed by atoms with van der Waals surface area (Å²) in [7, 11) is 0. The van der Waals surface area contributed by atoms with E-state index in [4.69, 9.17) is 4.74 Å². The predicted octanol–water partition coefficient (Wildman–Crippen LogP) is 3.73. The molecule has 180 valence electrons. The number of esters is 1. The molecule has 2 amide bonds. The van der Waals surface area contributed by atoms with Crippen LogP contribution in [0.2, 0.25) is 0 Å². The lowest BCUT2D eigenvalue weighted by Crippen LogP contribution is -2.54. The van der Waals surface area contributed by atoms with Gasteiger partial charge in [-0.25, -0.2) is 0 Å². The molecule has 4 aliphatic rings. The molecule has 6 rings (SSSR count). The molecule has 0 atom stereocenters. The summed E-state index contributed by atoms with van der Waals surface area (Å²) in [5.41, 5.74) is 1.58. The number of benzene rings is 1. The van der Waals surface area contributed by atoms with Crippen LogP contribution in [0.3, 0.4) is 0 Å². The second-order valence-corrected chi connectivity index (χ2v) is 11.1. The van der Waals surface area contributed by atoms with Crippen molar-refractivity contribution in [1.82, 2.24) is 15.5 Å². The van der Waals surface area contributed by atoms with Gasteiger partial charge in [0.15, 0.2) is 5.01 Å². The SMILES string of the molecule is CCc1ccc(NC(=O)c2nnc(COC(=O)CNC(=O)C34CC5CC(CC(C5)C3)C4)s2)cc1. The van der Waals surface area contributed by atoms with Gasteiger partial charge in [0, 0.05) is 11.1 Å². The Bertz CT molecular complexity index is 1050. The van der Waals surface area contributed by atoms with E-state index in [-0.39, 0.29) is 35.4 Å².